The van der Waals surface area contributed by atoms with Crippen LogP contribution >= 0.6 is 0 Å². The predicted molar refractivity (Wildman–Crippen MR) is 98.7 cm³/mol. The fourth-order valence-electron chi connectivity index (χ4n) is 1.85. The van der Waals surface area contributed by atoms with Crippen molar-refractivity contribution in [1.82, 2.24) is 0 Å². The molecule has 8 heteroatoms. The van der Waals surface area contributed by atoms with Gasteiger partial charge in [0.1, 0.15) is 0 Å². The fourth-order valence-corrected chi connectivity index (χ4v) is 1.85. The molecule has 0 bridgehead atoms. The smallest absolute Gasteiger partial charge is 0.211 e. The number of nitrogens with zero attached hydrogens (tertiary/aromatic N) is 4. The van der Waals surface area contributed by atoms with Crippen LogP contribution < -0.4 is 22.9 Å². The molecule has 8 nitrogen and oxygen atoms in total. The van der Waals surface area contributed by atoms with Gasteiger partial charge in [0.05, 0.1) is 12.4 Å². The average molecular weight is 322 g/mol. The van der Waals surface area contributed by atoms with Gasteiger partial charge in [-0.25, -0.2) is 0 Å². The van der Waals surface area contributed by atoms with Crippen LogP contribution in [0.1, 0.15) is 11.1 Å². The molecule has 0 spiro atoms. The van der Waals surface area contributed by atoms with E-state index in [0.29, 0.717) is 0 Å². The molecule has 0 atom stereocenters. The van der Waals surface area contributed by atoms with E-state index >= 15 is 0 Å². The van der Waals surface area contributed by atoms with Crippen molar-refractivity contribution in [3.8, 4) is 11.1 Å². The molecule has 2 rings (SSSR count). The Balaban J connectivity index is 2.09. The summed E-state index contributed by atoms with van der Waals surface area (Å²) in [6.07, 6.45) is 3.15. The van der Waals surface area contributed by atoms with E-state index < -0.39 is 0 Å². The van der Waals surface area contributed by atoms with Gasteiger partial charge in [0.2, 0.25) is 11.9 Å². The molecular weight excluding hydrogens is 304 g/mol. The summed E-state index contributed by atoms with van der Waals surface area (Å²) in [5.41, 5.74) is 24.7. The predicted octanol–water partition coefficient (Wildman–Crippen LogP) is 0.568. The molecule has 0 saturated carbocycles. The van der Waals surface area contributed by atoms with E-state index in [1.54, 1.807) is 12.4 Å². The highest BCUT2D eigenvalue weighted by Crippen LogP contribution is 2.19. The summed E-state index contributed by atoms with van der Waals surface area (Å²) in [4.78, 5) is 0. The Morgan fingerprint density at radius 1 is 0.583 bits per heavy atom. The molecule has 0 fully saturated rings. The minimum atomic E-state index is -0.0775. The third kappa shape index (κ3) is 5.26. The largest absolute Gasteiger partial charge is 0.369 e. The molecule has 0 heterocycles. The normalized spacial score (nSPS) is 10.8. The van der Waals surface area contributed by atoms with Gasteiger partial charge in [0.25, 0.3) is 0 Å². The fraction of sp³-hybridized carbons (Fsp3) is 0. The van der Waals surface area contributed by atoms with Crippen molar-refractivity contribution in [3.63, 3.8) is 0 Å². The summed E-state index contributed by atoms with van der Waals surface area (Å²) in [6, 6.07) is 15.6. The monoisotopic (exact) mass is 322 g/mol. The zero-order chi connectivity index (χ0) is 17.4. The molecule has 0 amide bonds. The molecule has 0 aliphatic carbocycles. The van der Waals surface area contributed by atoms with Gasteiger partial charge < -0.3 is 22.9 Å². The van der Waals surface area contributed by atoms with Crippen molar-refractivity contribution >= 4 is 24.3 Å². The lowest BCUT2D eigenvalue weighted by atomic mass is 10.0. The van der Waals surface area contributed by atoms with Crippen molar-refractivity contribution in [2.24, 2.45) is 43.3 Å². The zero-order valence-electron chi connectivity index (χ0n) is 12.9. The molecule has 8 N–H and O–H groups in total. The maximum Gasteiger partial charge on any atom is 0.211 e. The van der Waals surface area contributed by atoms with E-state index in [-0.39, 0.29) is 11.9 Å². The number of benzene rings is 2. The van der Waals surface area contributed by atoms with Gasteiger partial charge in [-0.2, -0.15) is 10.2 Å². The van der Waals surface area contributed by atoms with Crippen LogP contribution in [0.3, 0.4) is 0 Å². The highest BCUT2D eigenvalue weighted by molar-refractivity contribution is 5.84. The first-order valence-corrected chi connectivity index (χ1v) is 6.99. The number of nitrogens with two attached hydrogens (primary N) is 4. The standard InChI is InChI=1S/C16H18N8/c17-15(18)23-21-9-11-1-5-13(6-2-11)14-7-3-12(4-8-14)10-22-24-16(19)20/h1-10H,(H4,17,18,23)(H4,19,20,24)/b21-9-,22-10-. The summed E-state index contributed by atoms with van der Waals surface area (Å²) >= 11 is 0. The van der Waals surface area contributed by atoms with Gasteiger partial charge in [0, 0.05) is 0 Å². The first kappa shape index (κ1) is 16.7. The number of hydrogen-bond acceptors (Lipinski definition) is 4. The van der Waals surface area contributed by atoms with Crippen molar-refractivity contribution in [1.29, 1.82) is 0 Å². The third-order valence-electron chi connectivity index (χ3n) is 2.91. The highest BCUT2D eigenvalue weighted by atomic mass is 15.3. The molecule has 2 aromatic carbocycles. The summed E-state index contributed by atoms with van der Waals surface area (Å²) in [6.45, 7) is 0. The lowest BCUT2D eigenvalue weighted by molar-refractivity contribution is 1.21. The zero-order valence-corrected chi connectivity index (χ0v) is 12.9. The molecule has 24 heavy (non-hydrogen) atoms. The van der Waals surface area contributed by atoms with Crippen LogP contribution in [-0.2, 0) is 0 Å². The van der Waals surface area contributed by atoms with E-state index in [1.165, 1.54) is 0 Å². The quantitative estimate of drug-likeness (QED) is 0.361. The summed E-state index contributed by atoms with van der Waals surface area (Å²) in [5, 5.41) is 14.6. The number of guanidine groups is 2. The van der Waals surface area contributed by atoms with Crippen LogP contribution in [0.2, 0.25) is 0 Å². The first-order chi connectivity index (χ1) is 11.5. The van der Waals surface area contributed by atoms with Gasteiger partial charge in [0.15, 0.2) is 0 Å². The van der Waals surface area contributed by atoms with Gasteiger partial charge >= 0.3 is 0 Å². The van der Waals surface area contributed by atoms with Gasteiger partial charge in [-0.1, -0.05) is 48.5 Å². The lowest BCUT2D eigenvalue weighted by Gasteiger charge is -2.02. The van der Waals surface area contributed by atoms with Crippen LogP contribution in [0.4, 0.5) is 0 Å². The molecule has 0 aliphatic rings. The Hall–Kier alpha value is -3.68. The maximum atomic E-state index is 5.20. The van der Waals surface area contributed by atoms with E-state index in [1.807, 2.05) is 48.5 Å². The maximum absolute atomic E-state index is 5.20. The summed E-state index contributed by atoms with van der Waals surface area (Å²) < 4.78 is 0. The van der Waals surface area contributed by atoms with E-state index in [2.05, 4.69) is 20.4 Å². The third-order valence-corrected chi connectivity index (χ3v) is 2.91. The molecule has 0 unspecified atom stereocenters. The highest BCUT2D eigenvalue weighted by Gasteiger charge is 1.98. The minimum absolute atomic E-state index is 0.0775. The molecular formula is C16H18N8. The van der Waals surface area contributed by atoms with Crippen LogP contribution in [0, 0.1) is 0 Å². The molecule has 0 radical (unpaired) electrons. The van der Waals surface area contributed by atoms with Crippen molar-refractivity contribution < 1.29 is 0 Å². The van der Waals surface area contributed by atoms with Gasteiger partial charge in [-0.3, -0.25) is 0 Å². The second kappa shape index (κ2) is 8.08. The average Bonchev–Trinajstić information content (AvgIpc) is 2.56. The van der Waals surface area contributed by atoms with Crippen molar-refractivity contribution in [2.45, 2.75) is 0 Å². The minimum Gasteiger partial charge on any atom is -0.369 e. The number of hydrogen-bond donors (Lipinski definition) is 4. The van der Waals surface area contributed by atoms with Crippen molar-refractivity contribution in [2.75, 3.05) is 0 Å². The Bertz CT molecular complexity index is 708. The van der Waals surface area contributed by atoms with Crippen LogP contribution in [0.5, 0.6) is 0 Å². The molecule has 0 saturated heterocycles. The van der Waals surface area contributed by atoms with E-state index in [0.717, 1.165) is 22.3 Å². The summed E-state index contributed by atoms with van der Waals surface area (Å²) in [5.74, 6) is -0.155. The number of rotatable bonds is 5. The molecule has 0 aromatic heterocycles. The van der Waals surface area contributed by atoms with Gasteiger partial charge in [-0.05, 0) is 22.3 Å². The topological polar surface area (TPSA) is 154 Å². The second-order valence-electron chi connectivity index (χ2n) is 4.78. The SMILES string of the molecule is NC(N)=N/N=C\c1ccc(-c2ccc(/C=N\N=C(N)N)cc2)cc1. The molecule has 122 valence electrons. The van der Waals surface area contributed by atoms with Crippen LogP contribution in [-0.4, -0.2) is 24.3 Å². The Morgan fingerprint density at radius 2 is 0.917 bits per heavy atom. The van der Waals surface area contributed by atoms with Crippen LogP contribution in [0.25, 0.3) is 11.1 Å². The van der Waals surface area contributed by atoms with Gasteiger partial charge in [-0.15, -0.1) is 10.2 Å². The Labute approximate surface area is 139 Å². The second-order valence-corrected chi connectivity index (χ2v) is 4.78. The molecule has 2 aromatic rings. The Morgan fingerprint density at radius 3 is 1.21 bits per heavy atom. The Kier molecular flexibility index (Phi) is 5.62. The van der Waals surface area contributed by atoms with E-state index in [9.17, 15) is 0 Å². The molecule has 0 aliphatic heterocycles. The lowest BCUT2D eigenvalue weighted by Crippen LogP contribution is -2.21. The van der Waals surface area contributed by atoms with Crippen molar-refractivity contribution in [3.05, 3.63) is 59.7 Å². The van der Waals surface area contributed by atoms with Crippen LogP contribution in [0.15, 0.2) is 68.9 Å². The van der Waals surface area contributed by atoms with E-state index in [4.69, 9.17) is 22.9 Å². The first-order valence-electron chi connectivity index (χ1n) is 6.99. The summed E-state index contributed by atoms with van der Waals surface area (Å²) in [7, 11) is 0.